The monoisotopic (exact) mass is 269 g/mol. The van der Waals surface area contributed by atoms with Crippen LogP contribution in [0.2, 0.25) is 0 Å². The molecule has 2 aliphatic rings. The Morgan fingerprint density at radius 1 is 1.26 bits per heavy atom. The molecule has 1 aliphatic carbocycles. The standard InChI is InChI=1S/C16H31NO2/c1-4-8-17-14-11-15(16(14,3)5-2)19-12-13-6-9-18-10-7-13/h13-15,17H,4-12H2,1-3H3. The zero-order chi connectivity index (χ0) is 13.7. The van der Waals surface area contributed by atoms with Crippen LogP contribution in [0.4, 0.5) is 0 Å². The first-order valence-electron chi connectivity index (χ1n) is 8.13. The molecule has 19 heavy (non-hydrogen) atoms. The van der Waals surface area contributed by atoms with Crippen LogP contribution in [0, 0.1) is 11.3 Å². The van der Waals surface area contributed by atoms with E-state index < -0.39 is 0 Å². The van der Waals surface area contributed by atoms with Gasteiger partial charge in [0.25, 0.3) is 0 Å². The largest absolute Gasteiger partial charge is 0.381 e. The lowest BCUT2D eigenvalue weighted by molar-refractivity contribution is -0.141. The Bertz CT molecular complexity index is 265. The van der Waals surface area contributed by atoms with Crippen molar-refractivity contribution in [2.45, 2.75) is 65.0 Å². The summed E-state index contributed by atoms with van der Waals surface area (Å²) in [5.74, 6) is 0.720. The van der Waals surface area contributed by atoms with Crippen molar-refractivity contribution in [3.8, 4) is 0 Å². The van der Waals surface area contributed by atoms with Gasteiger partial charge < -0.3 is 14.8 Å². The lowest BCUT2D eigenvalue weighted by Gasteiger charge is -2.54. The quantitative estimate of drug-likeness (QED) is 0.771. The van der Waals surface area contributed by atoms with Gasteiger partial charge in [0.1, 0.15) is 0 Å². The van der Waals surface area contributed by atoms with Crippen molar-refractivity contribution in [1.29, 1.82) is 0 Å². The molecule has 2 rings (SSSR count). The van der Waals surface area contributed by atoms with Gasteiger partial charge in [-0.25, -0.2) is 0 Å². The molecule has 0 spiro atoms. The fraction of sp³-hybridized carbons (Fsp3) is 1.00. The molecule has 3 atom stereocenters. The lowest BCUT2D eigenvalue weighted by Crippen LogP contribution is -2.62. The summed E-state index contributed by atoms with van der Waals surface area (Å²) in [7, 11) is 0. The zero-order valence-corrected chi connectivity index (χ0v) is 12.9. The smallest absolute Gasteiger partial charge is 0.0658 e. The molecular weight excluding hydrogens is 238 g/mol. The van der Waals surface area contributed by atoms with Crippen LogP contribution in [0.1, 0.15) is 52.9 Å². The van der Waals surface area contributed by atoms with Crippen molar-refractivity contribution < 1.29 is 9.47 Å². The van der Waals surface area contributed by atoms with E-state index in [-0.39, 0.29) is 0 Å². The van der Waals surface area contributed by atoms with E-state index in [1.165, 1.54) is 32.1 Å². The molecule has 3 heteroatoms. The van der Waals surface area contributed by atoms with Crippen molar-refractivity contribution in [2.75, 3.05) is 26.4 Å². The highest BCUT2D eigenvalue weighted by molar-refractivity contribution is 5.04. The van der Waals surface area contributed by atoms with E-state index in [4.69, 9.17) is 9.47 Å². The molecule has 1 aliphatic heterocycles. The van der Waals surface area contributed by atoms with E-state index in [1.54, 1.807) is 0 Å². The van der Waals surface area contributed by atoms with Gasteiger partial charge in [0, 0.05) is 31.3 Å². The first-order chi connectivity index (χ1) is 9.20. The first kappa shape index (κ1) is 15.3. The van der Waals surface area contributed by atoms with Gasteiger partial charge in [0.2, 0.25) is 0 Å². The van der Waals surface area contributed by atoms with Gasteiger partial charge in [-0.15, -0.1) is 0 Å². The van der Waals surface area contributed by atoms with Crippen LogP contribution in [0.5, 0.6) is 0 Å². The summed E-state index contributed by atoms with van der Waals surface area (Å²) < 4.78 is 11.6. The van der Waals surface area contributed by atoms with Crippen molar-refractivity contribution in [3.63, 3.8) is 0 Å². The number of nitrogens with one attached hydrogen (secondary N) is 1. The Kier molecular flexibility index (Phi) is 5.67. The van der Waals surface area contributed by atoms with E-state index in [2.05, 4.69) is 26.1 Å². The molecule has 1 saturated heterocycles. The van der Waals surface area contributed by atoms with Crippen molar-refractivity contribution >= 4 is 0 Å². The summed E-state index contributed by atoms with van der Waals surface area (Å²) in [6.45, 7) is 10.8. The number of hydrogen-bond donors (Lipinski definition) is 1. The van der Waals surface area contributed by atoms with E-state index in [0.717, 1.165) is 32.3 Å². The fourth-order valence-electron chi connectivity index (χ4n) is 3.35. The highest BCUT2D eigenvalue weighted by Gasteiger charge is 2.50. The molecule has 0 aromatic rings. The maximum Gasteiger partial charge on any atom is 0.0658 e. The molecule has 1 N–H and O–H groups in total. The second kappa shape index (κ2) is 7.05. The average molecular weight is 269 g/mol. The third-order valence-corrected chi connectivity index (χ3v) is 5.26. The maximum absolute atomic E-state index is 6.24. The van der Waals surface area contributed by atoms with Gasteiger partial charge in [0.15, 0.2) is 0 Å². The molecule has 2 fully saturated rings. The highest BCUT2D eigenvalue weighted by atomic mass is 16.5. The maximum atomic E-state index is 6.24. The highest BCUT2D eigenvalue weighted by Crippen LogP contribution is 2.46. The Labute approximate surface area is 118 Å². The molecule has 3 unspecified atom stereocenters. The molecule has 1 heterocycles. The van der Waals surface area contributed by atoms with Crippen LogP contribution in [0.15, 0.2) is 0 Å². The molecule has 3 nitrogen and oxygen atoms in total. The Morgan fingerprint density at radius 2 is 2.00 bits per heavy atom. The predicted octanol–water partition coefficient (Wildman–Crippen LogP) is 2.99. The molecule has 0 bridgehead atoms. The van der Waals surface area contributed by atoms with E-state index >= 15 is 0 Å². The Balaban J connectivity index is 1.74. The minimum atomic E-state index is 0.334. The molecule has 0 aromatic carbocycles. The summed E-state index contributed by atoms with van der Waals surface area (Å²) in [6, 6.07) is 0.650. The third-order valence-electron chi connectivity index (χ3n) is 5.26. The molecule has 112 valence electrons. The lowest BCUT2D eigenvalue weighted by atomic mass is 9.61. The summed E-state index contributed by atoms with van der Waals surface area (Å²) in [5.41, 5.74) is 0.334. The molecule has 1 saturated carbocycles. The van der Waals surface area contributed by atoms with E-state index in [1.807, 2.05) is 0 Å². The van der Waals surface area contributed by atoms with Gasteiger partial charge >= 0.3 is 0 Å². The average Bonchev–Trinajstić information content (AvgIpc) is 2.46. The van der Waals surface area contributed by atoms with Crippen LogP contribution in [-0.2, 0) is 9.47 Å². The second-order valence-electron chi connectivity index (χ2n) is 6.48. The molecule has 0 radical (unpaired) electrons. The first-order valence-corrected chi connectivity index (χ1v) is 8.13. The van der Waals surface area contributed by atoms with Crippen molar-refractivity contribution in [3.05, 3.63) is 0 Å². The SMILES string of the molecule is CCCNC1CC(OCC2CCOCC2)C1(C)CC. The van der Waals surface area contributed by atoms with Crippen molar-refractivity contribution in [1.82, 2.24) is 5.32 Å². The van der Waals surface area contributed by atoms with Crippen LogP contribution in [-0.4, -0.2) is 38.5 Å². The van der Waals surface area contributed by atoms with Gasteiger partial charge in [-0.05, 0) is 44.6 Å². The Hall–Kier alpha value is -0.120. The predicted molar refractivity (Wildman–Crippen MR) is 78.4 cm³/mol. The van der Waals surface area contributed by atoms with Gasteiger partial charge in [-0.1, -0.05) is 20.8 Å². The minimum absolute atomic E-state index is 0.334. The van der Waals surface area contributed by atoms with Gasteiger partial charge in [-0.2, -0.15) is 0 Å². The zero-order valence-electron chi connectivity index (χ0n) is 12.9. The van der Waals surface area contributed by atoms with Crippen LogP contribution >= 0.6 is 0 Å². The van der Waals surface area contributed by atoms with Crippen LogP contribution in [0.3, 0.4) is 0 Å². The molecule has 0 amide bonds. The summed E-state index contributed by atoms with van der Waals surface area (Å²) in [4.78, 5) is 0. The van der Waals surface area contributed by atoms with Gasteiger partial charge in [-0.3, -0.25) is 0 Å². The van der Waals surface area contributed by atoms with Crippen LogP contribution < -0.4 is 5.32 Å². The molecule has 0 aromatic heterocycles. The Morgan fingerprint density at radius 3 is 2.63 bits per heavy atom. The minimum Gasteiger partial charge on any atom is -0.381 e. The fourth-order valence-corrected chi connectivity index (χ4v) is 3.35. The number of rotatable bonds is 7. The summed E-state index contributed by atoms with van der Waals surface area (Å²) >= 11 is 0. The van der Waals surface area contributed by atoms with E-state index in [9.17, 15) is 0 Å². The normalized spacial score (nSPS) is 36.2. The third kappa shape index (κ3) is 3.50. The van der Waals surface area contributed by atoms with Crippen LogP contribution in [0.25, 0.3) is 0 Å². The summed E-state index contributed by atoms with van der Waals surface area (Å²) in [5, 5.41) is 3.68. The number of ether oxygens (including phenoxy) is 2. The van der Waals surface area contributed by atoms with E-state index in [0.29, 0.717) is 17.6 Å². The van der Waals surface area contributed by atoms with Crippen molar-refractivity contribution in [2.24, 2.45) is 11.3 Å². The summed E-state index contributed by atoms with van der Waals surface area (Å²) in [6.07, 6.45) is 6.40. The van der Waals surface area contributed by atoms with Gasteiger partial charge in [0.05, 0.1) is 6.10 Å². The topological polar surface area (TPSA) is 30.5 Å². The molecular formula is C16H31NO2. The number of hydrogen-bond acceptors (Lipinski definition) is 3. The second-order valence-corrected chi connectivity index (χ2v) is 6.48.